The maximum absolute atomic E-state index is 12.8. The van der Waals surface area contributed by atoms with Crippen LogP contribution in [0.5, 0.6) is 0 Å². The number of nitrogens with zero attached hydrogens (tertiary/aromatic N) is 6. The number of carbonyl (C=O) groups excluding carboxylic acids is 1. The van der Waals surface area contributed by atoms with Gasteiger partial charge in [-0.3, -0.25) is 9.89 Å². The number of aromatic amines is 1. The van der Waals surface area contributed by atoms with E-state index in [2.05, 4.69) is 39.5 Å². The van der Waals surface area contributed by atoms with Gasteiger partial charge in [-0.25, -0.2) is 4.68 Å². The third kappa shape index (κ3) is 3.25. The summed E-state index contributed by atoms with van der Waals surface area (Å²) in [4.78, 5) is 16.9. The zero-order valence-corrected chi connectivity index (χ0v) is 17.0. The van der Waals surface area contributed by atoms with Crippen LogP contribution in [0.2, 0.25) is 0 Å². The van der Waals surface area contributed by atoms with Crippen molar-refractivity contribution in [2.24, 2.45) is 0 Å². The zero-order valence-electron chi connectivity index (χ0n) is 17.0. The van der Waals surface area contributed by atoms with E-state index in [1.807, 2.05) is 59.6 Å². The van der Waals surface area contributed by atoms with Crippen LogP contribution in [0.3, 0.4) is 0 Å². The smallest absolute Gasteiger partial charge is 0.253 e. The van der Waals surface area contributed by atoms with Crippen molar-refractivity contribution in [3.8, 4) is 17.1 Å². The molecule has 2 aromatic heterocycles. The molecule has 2 aromatic carbocycles. The highest BCUT2D eigenvalue weighted by atomic mass is 16.2. The number of H-pyrrole nitrogens is 1. The first-order valence-electron chi connectivity index (χ1n) is 10.0. The van der Waals surface area contributed by atoms with Gasteiger partial charge in [-0.1, -0.05) is 23.4 Å². The van der Waals surface area contributed by atoms with Gasteiger partial charge >= 0.3 is 0 Å². The highest BCUT2D eigenvalue weighted by Crippen LogP contribution is 2.25. The van der Waals surface area contributed by atoms with Crippen LogP contribution in [0, 0.1) is 0 Å². The van der Waals surface area contributed by atoms with Gasteiger partial charge in [0.15, 0.2) is 0 Å². The van der Waals surface area contributed by atoms with E-state index in [0.717, 1.165) is 41.8 Å². The molecule has 152 valence electrons. The number of hydrogen-bond donors (Lipinski definition) is 1. The van der Waals surface area contributed by atoms with E-state index in [-0.39, 0.29) is 5.91 Å². The van der Waals surface area contributed by atoms with E-state index in [1.54, 1.807) is 4.68 Å². The van der Waals surface area contributed by atoms with E-state index in [9.17, 15) is 4.79 Å². The lowest BCUT2D eigenvalue weighted by Crippen LogP contribution is -2.34. The minimum Gasteiger partial charge on any atom is -0.337 e. The Morgan fingerprint density at radius 1 is 1.13 bits per heavy atom. The lowest BCUT2D eigenvalue weighted by atomic mass is 10.1. The van der Waals surface area contributed by atoms with E-state index in [4.69, 9.17) is 0 Å². The molecular weight excluding hydrogens is 378 g/mol. The summed E-state index contributed by atoms with van der Waals surface area (Å²) in [7, 11) is 4.12. The molecule has 1 amide bonds. The first kappa shape index (κ1) is 18.5. The van der Waals surface area contributed by atoms with Crippen LogP contribution in [-0.2, 0) is 0 Å². The van der Waals surface area contributed by atoms with Gasteiger partial charge in [-0.05, 0) is 50.8 Å². The first-order valence-corrected chi connectivity index (χ1v) is 10.0. The van der Waals surface area contributed by atoms with Crippen molar-refractivity contribution >= 4 is 16.8 Å². The average molecular weight is 401 g/mol. The number of likely N-dealkylation sites (N-methyl/N-ethyl adjacent to an activating group) is 1. The Kier molecular flexibility index (Phi) is 4.55. The molecule has 8 nitrogen and oxygen atoms in total. The largest absolute Gasteiger partial charge is 0.337 e. The molecule has 1 aliphatic rings. The molecule has 1 fully saturated rings. The molecule has 4 aromatic rings. The van der Waals surface area contributed by atoms with Crippen LogP contribution >= 0.6 is 0 Å². The van der Waals surface area contributed by atoms with Crippen molar-refractivity contribution in [2.75, 3.05) is 27.2 Å². The average Bonchev–Trinajstić information content (AvgIpc) is 3.52. The molecule has 3 heterocycles. The number of likely N-dealkylation sites (tertiary alicyclic amines) is 1. The Morgan fingerprint density at radius 2 is 1.93 bits per heavy atom. The summed E-state index contributed by atoms with van der Waals surface area (Å²) in [5, 5.41) is 16.9. The second-order valence-corrected chi connectivity index (χ2v) is 7.87. The molecule has 0 unspecified atom stereocenters. The molecule has 0 saturated carbocycles. The normalized spacial score (nSPS) is 16.6. The molecule has 30 heavy (non-hydrogen) atoms. The summed E-state index contributed by atoms with van der Waals surface area (Å²) in [6.07, 6.45) is 2.86. The van der Waals surface area contributed by atoms with Crippen LogP contribution in [0.4, 0.5) is 0 Å². The highest BCUT2D eigenvalue weighted by Gasteiger charge is 2.28. The molecule has 8 heteroatoms. The Balaban J connectivity index is 1.35. The van der Waals surface area contributed by atoms with Gasteiger partial charge < -0.3 is 9.80 Å². The zero-order chi connectivity index (χ0) is 20.7. The van der Waals surface area contributed by atoms with Crippen molar-refractivity contribution in [1.82, 2.24) is 35.0 Å². The van der Waals surface area contributed by atoms with Crippen molar-refractivity contribution in [2.45, 2.75) is 12.5 Å². The molecule has 0 aliphatic carbocycles. The molecule has 1 N–H and O–H groups in total. The summed E-state index contributed by atoms with van der Waals surface area (Å²) in [6, 6.07) is 15.9. The van der Waals surface area contributed by atoms with Crippen LogP contribution < -0.4 is 0 Å². The summed E-state index contributed by atoms with van der Waals surface area (Å²) >= 11 is 0. The van der Waals surface area contributed by atoms with Gasteiger partial charge in [0.25, 0.3) is 5.91 Å². The quantitative estimate of drug-likeness (QED) is 0.568. The molecule has 1 aliphatic heterocycles. The van der Waals surface area contributed by atoms with Crippen LogP contribution in [0.1, 0.15) is 16.8 Å². The number of amides is 1. The van der Waals surface area contributed by atoms with E-state index >= 15 is 0 Å². The predicted molar refractivity (Wildman–Crippen MR) is 114 cm³/mol. The lowest BCUT2D eigenvalue weighted by molar-refractivity contribution is 0.0783. The molecule has 0 spiro atoms. The van der Waals surface area contributed by atoms with Gasteiger partial charge in [-0.2, -0.15) is 5.10 Å². The third-order valence-corrected chi connectivity index (χ3v) is 5.77. The van der Waals surface area contributed by atoms with E-state index in [1.165, 1.54) is 0 Å². The van der Waals surface area contributed by atoms with Crippen LogP contribution in [0.15, 0.2) is 54.7 Å². The molecule has 1 saturated heterocycles. The molecule has 0 radical (unpaired) electrons. The third-order valence-electron chi connectivity index (χ3n) is 5.77. The number of hydrogen-bond acceptors (Lipinski definition) is 5. The molecule has 5 rings (SSSR count). The first-order chi connectivity index (χ1) is 14.6. The Labute approximate surface area is 174 Å². The maximum atomic E-state index is 12.8. The monoisotopic (exact) mass is 401 g/mol. The molecule has 0 bridgehead atoms. The van der Waals surface area contributed by atoms with Gasteiger partial charge in [-0.15, -0.1) is 5.10 Å². The second kappa shape index (κ2) is 7.38. The van der Waals surface area contributed by atoms with Gasteiger partial charge in [0.05, 0.1) is 17.4 Å². The van der Waals surface area contributed by atoms with Crippen LogP contribution in [0.25, 0.3) is 28.0 Å². The number of carbonyl (C=O) groups is 1. The second-order valence-electron chi connectivity index (χ2n) is 7.87. The minimum atomic E-state index is 0.0770. The van der Waals surface area contributed by atoms with Crippen molar-refractivity contribution in [1.29, 1.82) is 0 Å². The number of para-hydroxylation sites is 1. The molecular formula is C22H23N7O. The maximum Gasteiger partial charge on any atom is 0.253 e. The molecule has 1 atom stereocenters. The Hall–Kier alpha value is -3.52. The van der Waals surface area contributed by atoms with Crippen molar-refractivity contribution in [3.05, 3.63) is 60.3 Å². The Morgan fingerprint density at radius 3 is 2.70 bits per heavy atom. The number of benzene rings is 2. The SMILES string of the molecule is CN(C)[C@H]1CCN(C(=O)c2ccc(-n3cc(-c4n[nH]c5ccccc45)nn3)cc2)C1. The number of aromatic nitrogens is 5. The number of nitrogens with one attached hydrogen (secondary N) is 1. The summed E-state index contributed by atoms with van der Waals surface area (Å²) in [6.45, 7) is 1.57. The summed E-state index contributed by atoms with van der Waals surface area (Å²) in [5.74, 6) is 0.0770. The Bertz CT molecular complexity index is 1190. The standard InChI is InChI=1S/C22H23N7O/c1-27(2)17-11-12-28(13-17)22(30)15-7-9-16(10-8-15)29-14-20(24-26-29)21-18-5-3-4-6-19(18)23-25-21/h3-10,14,17H,11-13H2,1-2H3,(H,23,25)/t17-/m0/s1. The lowest BCUT2D eigenvalue weighted by Gasteiger charge is -2.20. The fraction of sp³-hybridized carbons (Fsp3) is 0.273. The van der Waals surface area contributed by atoms with Gasteiger partial charge in [0, 0.05) is 30.1 Å². The van der Waals surface area contributed by atoms with Gasteiger partial charge in [0.1, 0.15) is 11.4 Å². The topological polar surface area (TPSA) is 82.9 Å². The van der Waals surface area contributed by atoms with Crippen molar-refractivity contribution < 1.29 is 4.79 Å². The number of fused-ring (bicyclic) bond motifs is 1. The van der Waals surface area contributed by atoms with Gasteiger partial charge in [0.2, 0.25) is 0 Å². The summed E-state index contributed by atoms with van der Waals surface area (Å²) < 4.78 is 1.70. The fourth-order valence-electron chi connectivity index (χ4n) is 3.94. The number of rotatable bonds is 4. The van der Waals surface area contributed by atoms with Crippen LogP contribution in [-0.4, -0.2) is 74.1 Å². The van der Waals surface area contributed by atoms with E-state index < -0.39 is 0 Å². The minimum absolute atomic E-state index is 0.0770. The highest BCUT2D eigenvalue weighted by molar-refractivity contribution is 5.94. The predicted octanol–water partition coefficient (Wildman–Crippen LogP) is 2.59. The van der Waals surface area contributed by atoms with E-state index in [0.29, 0.717) is 17.3 Å². The summed E-state index contributed by atoms with van der Waals surface area (Å²) in [5.41, 5.74) is 3.96. The fourth-order valence-corrected chi connectivity index (χ4v) is 3.94. The van der Waals surface area contributed by atoms with Crippen molar-refractivity contribution in [3.63, 3.8) is 0 Å².